The van der Waals surface area contributed by atoms with Crippen molar-refractivity contribution >= 4 is 27.9 Å². The molecule has 2 aromatic heterocycles. The lowest BCUT2D eigenvalue weighted by molar-refractivity contribution is 0.111. The van der Waals surface area contributed by atoms with Gasteiger partial charge in [-0.25, -0.2) is 9.50 Å². The van der Waals surface area contributed by atoms with Crippen LogP contribution in [-0.2, 0) is 0 Å². The molecule has 2 aromatic rings. The van der Waals surface area contributed by atoms with Gasteiger partial charge in [0.15, 0.2) is 11.9 Å². The normalized spacial score (nSPS) is 10.4. The van der Waals surface area contributed by atoms with Gasteiger partial charge in [0, 0.05) is 6.20 Å². The van der Waals surface area contributed by atoms with Gasteiger partial charge in [-0.1, -0.05) is 0 Å². The molecule has 0 saturated heterocycles. The monoisotopic (exact) mass is 225 g/mol. The van der Waals surface area contributed by atoms with E-state index in [1.807, 2.05) is 12.1 Å². The first-order valence-electron chi connectivity index (χ1n) is 3.27. The molecule has 0 aliphatic carbocycles. The molecule has 12 heavy (non-hydrogen) atoms. The number of halogens is 1. The van der Waals surface area contributed by atoms with Crippen LogP contribution in [0.2, 0.25) is 0 Å². The summed E-state index contributed by atoms with van der Waals surface area (Å²) in [5.41, 5.74) is 0.652. The third kappa shape index (κ3) is 1.02. The van der Waals surface area contributed by atoms with Crippen LogP contribution in [0.5, 0.6) is 0 Å². The largest absolute Gasteiger partial charge is 0.294 e. The predicted molar refractivity (Wildman–Crippen MR) is 46.1 cm³/mol. The Morgan fingerprint density at radius 2 is 2.42 bits per heavy atom. The predicted octanol–water partition coefficient (Wildman–Crippen LogP) is 1.30. The van der Waals surface area contributed by atoms with Crippen molar-refractivity contribution in [3.05, 3.63) is 28.6 Å². The Bertz CT molecular complexity index is 437. The standard InChI is InChI=1S/C7H4BrN3O/c8-5-2-1-3-11-7(5)9-6(4-12)10-11/h1-4H. The molecule has 0 fully saturated rings. The molecule has 0 N–H and O–H groups in total. The smallest absolute Gasteiger partial charge is 0.215 e. The van der Waals surface area contributed by atoms with Crippen molar-refractivity contribution in [2.75, 3.05) is 0 Å². The van der Waals surface area contributed by atoms with E-state index in [1.54, 1.807) is 10.7 Å². The summed E-state index contributed by atoms with van der Waals surface area (Å²) >= 11 is 3.30. The van der Waals surface area contributed by atoms with Crippen molar-refractivity contribution in [3.8, 4) is 0 Å². The van der Waals surface area contributed by atoms with Crippen molar-refractivity contribution in [2.45, 2.75) is 0 Å². The minimum Gasteiger partial charge on any atom is -0.294 e. The summed E-state index contributed by atoms with van der Waals surface area (Å²) in [6, 6.07) is 3.67. The third-order valence-electron chi connectivity index (χ3n) is 1.44. The summed E-state index contributed by atoms with van der Waals surface area (Å²) in [5, 5.41) is 3.90. The van der Waals surface area contributed by atoms with E-state index in [0.717, 1.165) is 4.47 Å². The number of aromatic nitrogens is 3. The van der Waals surface area contributed by atoms with Crippen molar-refractivity contribution in [1.82, 2.24) is 14.6 Å². The van der Waals surface area contributed by atoms with Crippen molar-refractivity contribution in [2.24, 2.45) is 0 Å². The van der Waals surface area contributed by atoms with Gasteiger partial charge < -0.3 is 0 Å². The molecular formula is C7H4BrN3O. The van der Waals surface area contributed by atoms with Gasteiger partial charge in [-0.15, -0.1) is 5.10 Å². The first kappa shape index (κ1) is 7.42. The maximum Gasteiger partial charge on any atom is 0.215 e. The van der Waals surface area contributed by atoms with Crippen molar-refractivity contribution < 1.29 is 4.79 Å². The minimum atomic E-state index is 0.196. The summed E-state index contributed by atoms with van der Waals surface area (Å²) < 4.78 is 2.37. The number of hydrogen-bond acceptors (Lipinski definition) is 3. The molecule has 0 aliphatic heterocycles. The highest BCUT2D eigenvalue weighted by Gasteiger charge is 2.03. The molecular weight excluding hydrogens is 222 g/mol. The van der Waals surface area contributed by atoms with Gasteiger partial charge in [0.2, 0.25) is 5.82 Å². The maximum atomic E-state index is 10.3. The molecule has 0 spiro atoms. The molecule has 0 radical (unpaired) electrons. The molecule has 5 heteroatoms. The quantitative estimate of drug-likeness (QED) is 0.688. The van der Waals surface area contributed by atoms with Crippen LogP contribution in [0.15, 0.2) is 22.8 Å². The van der Waals surface area contributed by atoms with E-state index in [2.05, 4.69) is 26.0 Å². The van der Waals surface area contributed by atoms with Gasteiger partial charge in [0.05, 0.1) is 4.47 Å². The van der Waals surface area contributed by atoms with Crippen LogP contribution in [0.3, 0.4) is 0 Å². The van der Waals surface area contributed by atoms with E-state index in [-0.39, 0.29) is 5.82 Å². The van der Waals surface area contributed by atoms with Gasteiger partial charge in [-0.3, -0.25) is 4.79 Å². The Morgan fingerprint density at radius 3 is 3.08 bits per heavy atom. The molecule has 0 atom stereocenters. The first-order valence-corrected chi connectivity index (χ1v) is 4.06. The summed E-state index contributed by atoms with van der Waals surface area (Å²) in [6.07, 6.45) is 2.36. The molecule has 4 nitrogen and oxygen atoms in total. The third-order valence-corrected chi connectivity index (χ3v) is 2.06. The number of pyridine rings is 1. The van der Waals surface area contributed by atoms with E-state index in [1.165, 1.54) is 0 Å². The molecule has 2 rings (SSSR count). The van der Waals surface area contributed by atoms with E-state index in [4.69, 9.17) is 0 Å². The number of carbonyl (C=O) groups excluding carboxylic acids is 1. The lowest BCUT2D eigenvalue weighted by Gasteiger charge is -1.90. The zero-order valence-corrected chi connectivity index (χ0v) is 7.52. The number of nitrogens with zero attached hydrogens (tertiary/aromatic N) is 3. The molecule has 0 bridgehead atoms. The van der Waals surface area contributed by atoms with Crippen LogP contribution >= 0.6 is 15.9 Å². The Labute approximate surface area is 76.4 Å². The molecule has 0 aromatic carbocycles. The van der Waals surface area contributed by atoms with Crippen LogP contribution in [0, 0.1) is 0 Å². The zero-order chi connectivity index (χ0) is 8.55. The first-order chi connectivity index (χ1) is 5.81. The van der Waals surface area contributed by atoms with E-state index in [0.29, 0.717) is 11.9 Å². The summed E-state index contributed by atoms with van der Waals surface area (Å²) in [4.78, 5) is 14.3. The van der Waals surface area contributed by atoms with Crippen LogP contribution in [0.25, 0.3) is 5.65 Å². The number of aldehydes is 1. The average molecular weight is 226 g/mol. The summed E-state index contributed by atoms with van der Waals surface area (Å²) in [7, 11) is 0. The fourth-order valence-corrected chi connectivity index (χ4v) is 1.36. The minimum absolute atomic E-state index is 0.196. The summed E-state index contributed by atoms with van der Waals surface area (Å²) in [6.45, 7) is 0. The number of carbonyl (C=O) groups is 1. The second-order valence-electron chi connectivity index (χ2n) is 2.21. The molecule has 0 aliphatic rings. The number of rotatable bonds is 1. The SMILES string of the molecule is O=Cc1nc2c(Br)cccn2n1. The van der Waals surface area contributed by atoms with Gasteiger partial charge in [-0.05, 0) is 28.1 Å². The van der Waals surface area contributed by atoms with E-state index < -0.39 is 0 Å². The average Bonchev–Trinajstić information content (AvgIpc) is 2.49. The lowest BCUT2D eigenvalue weighted by Crippen LogP contribution is -1.86. The maximum absolute atomic E-state index is 10.3. The molecule has 60 valence electrons. The fraction of sp³-hybridized carbons (Fsp3) is 0. The Kier molecular flexibility index (Phi) is 1.65. The zero-order valence-electron chi connectivity index (χ0n) is 5.94. The van der Waals surface area contributed by atoms with Crippen LogP contribution in [0.1, 0.15) is 10.6 Å². The number of fused-ring (bicyclic) bond motifs is 1. The van der Waals surface area contributed by atoms with Gasteiger partial charge in [0.25, 0.3) is 0 Å². The van der Waals surface area contributed by atoms with Crippen LogP contribution < -0.4 is 0 Å². The van der Waals surface area contributed by atoms with Crippen molar-refractivity contribution in [1.29, 1.82) is 0 Å². The van der Waals surface area contributed by atoms with Gasteiger partial charge in [-0.2, -0.15) is 0 Å². The molecule has 0 amide bonds. The summed E-state index contributed by atoms with van der Waals surface area (Å²) in [5.74, 6) is 0.196. The highest BCUT2D eigenvalue weighted by molar-refractivity contribution is 9.10. The Balaban J connectivity index is 2.82. The number of hydrogen-bond donors (Lipinski definition) is 0. The second-order valence-corrected chi connectivity index (χ2v) is 3.07. The van der Waals surface area contributed by atoms with E-state index >= 15 is 0 Å². The second kappa shape index (κ2) is 2.67. The molecule has 0 saturated carbocycles. The highest BCUT2D eigenvalue weighted by atomic mass is 79.9. The van der Waals surface area contributed by atoms with Crippen LogP contribution in [-0.4, -0.2) is 20.9 Å². The van der Waals surface area contributed by atoms with Crippen LogP contribution in [0.4, 0.5) is 0 Å². The molecule has 0 unspecified atom stereocenters. The topological polar surface area (TPSA) is 47.3 Å². The fourth-order valence-electron chi connectivity index (χ4n) is 0.940. The van der Waals surface area contributed by atoms with Crippen molar-refractivity contribution in [3.63, 3.8) is 0 Å². The molecule has 2 heterocycles. The van der Waals surface area contributed by atoms with E-state index in [9.17, 15) is 4.79 Å². The Hall–Kier alpha value is -1.23. The lowest BCUT2D eigenvalue weighted by atomic mass is 10.5. The highest BCUT2D eigenvalue weighted by Crippen LogP contribution is 2.14. The van der Waals surface area contributed by atoms with Gasteiger partial charge >= 0.3 is 0 Å². The van der Waals surface area contributed by atoms with Gasteiger partial charge in [0.1, 0.15) is 0 Å². The Morgan fingerprint density at radius 1 is 1.58 bits per heavy atom.